The fourth-order valence-electron chi connectivity index (χ4n) is 2.74. The fourth-order valence-corrected chi connectivity index (χ4v) is 3.80. The Kier molecular flexibility index (Phi) is 5.81. The van der Waals surface area contributed by atoms with Gasteiger partial charge in [-0.1, -0.05) is 0 Å². The van der Waals surface area contributed by atoms with Crippen molar-refractivity contribution in [2.45, 2.75) is 11.8 Å². The molecule has 2 aromatic heterocycles. The van der Waals surface area contributed by atoms with E-state index in [1.165, 1.54) is 31.2 Å². The zero-order valence-electron chi connectivity index (χ0n) is 16.8. The number of benzene rings is 2. The third-order valence-electron chi connectivity index (χ3n) is 4.18. The molecule has 0 radical (unpaired) electrons. The average molecular weight is 450 g/mol. The van der Waals surface area contributed by atoms with Gasteiger partial charge in [-0.05, 0) is 60.7 Å². The average Bonchev–Trinajstić information content (AvgIpc) is 3.30. The van der Waals surface area contributed by atoms with E-state index in [2.05, 4.69) is 25.3 Å². The largest absolute Gasteiger partial charge is 0.438 e. The van der Waals surface area contributed by atoms with Crippen LogP contribution >= 0.6 is 0 Å². The Labute approximate surface area is 183 Å². The van der Waals surface area contributed by atoms with Gasteiger partial charge in [0, 0.05) is 36.8 Å². The van der Waals surface area contributed by atoms with Gasteiger partial charge in [0.05, 0.1) is 4.90 Å². The molecular weight excluding hydrogens is 432 g/mol. The summed E-state index contributed by atoms with van der Waals surface area (Å²) in [7, 11) is -3.79. The molecule has 4 rings (SSSR count). The number of carbonyl (C=O) groups excluding carboxylic acids is 1. The molecule has 162 valence electrons. The first-order valence-corrected chi connectivity index (χ1v) is 10.9. The van der Waals surface area contributed by atoms with Gasteiger partial charge >= 0.3 is 0 Å². The van der Waals surface area contributed by atoms with Gasteiger partial charge in [-0.3, -0.25) is 9.52 Å². The molecule has 0 fully saturated rings. The van der Waals surface area contributed by atoms with E-state index in [0.717, 1.165) is 0 Å². The third-order valence-corrected chi connectivity index (χ3v) is 5.58. The molecule has 2 aromatic carbocycles. The third kappa shape index (κ3) is 5.08. The highest BCUT2D eigenvalue weighted by Gasteiger charge is 2.14. The second-order valence-electron chi connectivity index (χ2n) is 6.62. The molecule has 4 aromatic rings. The molecule has 32 heavy (non-hydrogen) atoms. The minimum atomic E-state index is -3.79. The number of nitrogens with one attached hydrogen (secondary N) is 2. The maximum atomic E-state index is 12.6. The van der Waals surface area contributed by atoms with E-state index in [0.29, 0.717) is 22.9 Å². The lowest BCUT2D eigenvalue weighted by atomic mass is 10.3. The van der Waals surface area contributed by atoms with Crippen LogP contribution in [0.1, 0.15) is 6.92 Å². The van der Waals surface area contributed by atoms with E-state index < -0.39 is 10.0 Å². The first kappa shape index (κ1) is 21.0. The number of amides is 1. The van der Waals surface area contributed by atoms with Crippen molar-refractivity contribution in [3.8, 4) is 17.4 Å². The minimum absolute atomic E-state index is 0.0690. The molecule has 11 heteroatoms. The standard InChI is InChI=1S/C21H18N6O4S/c1-15(28)23-16-5-9-19(10-6-16)32(29,30)26-17-3-7-18(8-4-17)31-21-12-11-20(24-25-21)27-14-2-13-22-27/h2-14,26H,1H3,(H,23,28). The second-order valence-corrected chi connectivity index (χ2v) is 8.30. The predicted molar refractivity (Wildman–Crippen MR) is 117 cm³/mol. The van der Waals surface area contributed by atoms with Crippen LogP contribution in [0.3, 0.4) is 0 Å². The first-order chi connectivity index (χ1) is 15.4. The van der Waals surface area contributed by atoms with Crippen molar-refractivity contribution in [1.29, 1.82) is 0 Å². The molecule has 0 aliphatic heterocycles. The van der Waals surface area contributed by atoms with Crippen molar-refractivity contribution in [2.24, 2.45) is 0 Å². The minimum Gasteiger partial charge on any atom is -0.438 e. The second kappa shape index (κ2) is 8.86. The highest BCUT2D eigenvalue weighted by molar-refractivity contribution is 7.92. The lowest BCUT2D eigenvalue weighted by Gasteiger charge is -2.10. The van der Waals surface area contributed by atoms with Crippen LogP contribution in [0.4, 0.5) is 11.4 Å². The summed E-state index contributed by atoms with van der Waals surface area (Å²) in [5.41, 5.74) is 0.877. The van der Waals surface area contributed by atoms with E-state index in [1.54, 1.807) is 59.5 Å². The highest BCUT2D eigenvalue weighted by Crippen LogP contribution is 2.23. The molecule has 0 unspecified atom stereocenters. The van der Waals surface area contributed by atoms with Crippen LogP contribution in [-0.4, -0.2) is 34.3 Å². The maximum Gasteiger partial charge on any atom is 0.261 e. The molecule has 0 spiro atoms. The van der Waals surface area contributed by atoms with Crippen molar-refractivity contribution in [3.63, 3.8) is 0 Å². The van der Waals surface area contributed by atoms with E-state index in [1.807, 2.05) is 0 Å². The fraction of sp³-hybridized carbons (Fsp3) is 0.0476. The van der Waals surface area contributed by atoms with Crippen molar-refractivity contribution >= 4 is 27.3 Å². The number of nitrogens with zero attached hydrogens (tertiary/aromatic N) is 4. The van der Waals surface area contributed by atoms with Crippen LogP contribution in [-0.2, 0) is 14.8 Å². The lowest BCUT2D eigenvalue weighted by molar-refractivity contribution is -0.114. The Morgan fingerprint density at radius 3 is 2.25 bits per heavy atom. The summed E-state index contributed by atoms with van der Waals surface area (Å²) in [6, 6.07) is 17.4. The lowest BCUT2D eigenvalue weighted by Crippen LogP contribution is -2.13. The van der Waals surface area contributed by atoms with Crippen LogP contribution in [0.5, 0.6) is 11.6 Å². The molecule has 2 heterocycles. The SMILES string of the molecule is CC(=O)Nc1ccc(S(=O)(=O)Nc2ccc(Oc3ccc(-n4cccn4)nn3)cc2)cc1. The Morgan fingerprint density at radius 2 is 1.66 bits per heavy atom. The number of anilines is 2. The Hall–Kier alpha value is -4.25. The molecule has 0 aliphatic carbocycles. The molecule has 0 bridgehead atoms. The zero-order chi connectivity index (χ0) is 22.6. The molecule has 1 amide bonds. The zero-order valence-corrected chi connectivity index (χ0v) is 17.7. The normalized spacial score (nSPS) is 11.0. The number of carbonyl (C=O) groups is 1. The number of sulfonamides is 1. The first-order valence-electron chi connectivity index (χ1n) is 9.41. The summed E-state index contributed by atoms with van der Waals surface area (Å²) < 4.78 is 34.9. The monoisotopic (exact) mass is 450 g/mol. The van der Waals surface area contributed by atoms with Crippen LogP contribution in [0.2, 0.25) is 0 Å². The Balaban J connectivity index is 1.40. The van der Waals surface area contributed by atoms with Crippen LogP contribution in [0.25, 0.3) is 5.82 Å². The van der Waals surface area contributed by atoms with Crippen molar-refractivity contribution < 1.29 is 17.9 Å². The summed E-state index contributed by atoms with van der Waals surface area (Å²) in [4.78, 5) is 11.1. The number of rotatable bonds is 7. The van der Waals surface area contributed by atoms with Gasteiger partial charge in [-0.15, -0.1) is 10.2 Å². The van der Waals surface area contributed by atoms with E-state index in [-0.39, 0.29) is 16.7 Å². The molecule has 2 N–H and O–H groups in total. The summed E-state index contributed by atoms with van der Waals surface area (Å²) in [6.45, 7) is 1.38. The molecular formula is C21H18N6O4S. The van der Waals surface area contributed by atoms with Gasteiger partial charge in [0.1, 0.15) is 5.75 Å². The quantitative estimate of drug-likeness (QED) is 0.442. The topological polar surface area (TPSA) is 128 Å². The maximum absolute atomic E-state index is 12.6. The molecule has 0 atom stereocenters. The van der Waals surface area contributed by atoms with Gasteiger partial charge < -0.3 is 10.1 Å². The van der Waals surface area contributed by atoms with Crippen molar-refractivity contribution in [1.82, 2.24) is 20.0 Å². The summed E-state index contributed by atoms with van der Waals surface area (Å²) in [6.07, 6.45) is 3.39. The molecule has 0 aliphatic rings. The molecule has 10 nitrogen and oxygen atoms in total. The molecule has 0 saturated heterocycles. The number of hydrogen-bond acceptors (Lipinski definition) is 7. The Morgan fingerprint density at radius 1 is 0.938 bits per heavy atom. The van der Waals surface area contributed by atoms with E-state index in [4.69, 9.17) is 4.74 Å². The summed E-state index contributed by atoms with van der Waals surface area (Å²) >= 11 is 0. The van der Waals surface area contributed by atoms with E-state index >= 15 is 0 Å². The highest BCUT2D eigenvalue weighted by atomic mass is 32.2. The van der Waals surface area contributed by atoms with Crippen LogP contribution < -0.4 is 14.8 Å². The smallest absolute Gasteiger partial charge is 0.261 e. The summed E-state index contributed by atoms with van der Waals surface area (Å²) in [5, 5.41) is 14.7. The van der Waals surface area contributed by atoms with Crippen LogP contribution in [0, 0.1) is 0 Å². The predicted octanol–water partition coefficient (Wildman–Crippen LogP) is 3.21. The van der Waals surface area contributed by atoms with Crippen LogP contribution in [0.15, 0.2) is 84.0 Å². The van der Waals surface area contributed by atoms with Gasteiger partial charge in [-0.25, -0.2) is 13.1 Å². The number of aromatic nitrogens is 4. The van der Waals surface area contributed by atoms with Gasteiger partial charge in [0.15, 0.2) is 5.82 Å². The Bertz CT molecular complexity index is 1300. The summed E-state index contributed by atoms with van der Waals surface area (Å²) in [5.74, 6) is 1.07. The molecule has 0 saturated carbocycles. The number of ether oxygens (including phenoxy) is 1. The van der Waals surface area contributed by atoms with Crippen molar-refractivity contribution in [3.05, 3.63) is 79.1 Å². The van der Waals surface area contributed by atoms with Gasteiger partial charge in [0.2, 0.25) is 11.8 Å². The van der Waals surface area contributed by atoms with Gasteiger partial charge in [-0.2, -0.15) is 5.10 Å². The van der Waals surface area contributed by atoms with E-state index in [9.17, 15) is 13.2 Å². The van der Waals surface area contributed by atoms with Gasteiger partial charge in [0.25, 0.3) is 10.0 Å². The number of hydrogen-bond donors (Lipinski definition) is 2. The van der Waals surface area contributed by atoms with Crippen molar-refractivity contribution in [2.75, 3.05) is 10.0 Å².